The molecule has 19 heavy (non-hydrogen) atoms. The van der Waals surface area contributed by atoms with Gasteiger partial charge in [-0.1, -0.05) is 12.1 Å². The molecule has 0 unspecified atom stereocenters. The summed E-state index contributed by atoms with van der Waals surface area (Å²) < 4.78 is 19.0. The van der Waals surface area contributed by atoms with Crippen molar-refractivity contribution >= 4 is 5.91 Å². The van der Waals surface area contributed by atoms with E-state index < -0.39 is 5.82 Å². The summed E-state index contributed by atoms with van der Waals surface area (Å²) in [7, 11) is 1.77. The van der Waals surface area contributed by atoms with Gasteiger partial charge in [0.05, 0.1) is 0 Å². The van der Waals surface area contributed by atoms with Crippen LogP contribution in [-0.4, -0.2) is 26.1 Å². The molecule has 1 aromatic rings. The summed E-state index contributed by atoms with van der Waals surface area (Å²) in [6, 6.07) is 4.73. The molecule has 5 heteroatoms. The highest BCUT2D eigenvalue weighted by molar-refractivity contribution is 5.77. The number of hydrogen-bond acceptors (Lipinski definition) is 3. The number of rotatable bonds is 7. The molecule has 104 valence electrons. The molecular formula is C14H19FN2O2. The van der Waals surface area contributed by atoms with Crippen molar-refractivity contribution in [1.82, 2.24) is 10.6 Å². The number of nitrogens with one attached hydrogen (secondary N) is 2. The van der Waals surface area contributed by atoms with Crippen LogP contribution in [0.15, 0.2) is 18.2 Å². The predicted octanol–water partition coefficient (Wildman–Crippen LogP) is 1.45. The first-order chi connectivity index (χ1) is 9.20. The summed E-state index contributed by atoms with van der Waals surface area (Å²) in [5, 5.41) is 5.72. The average Bonchev–Trinajstić information content (AvgIpc) is 3.20. The van der Waals surface area contributed by atoms with Crippen LogP contribution in [0.25, 0.3) is 0 Å². The highest BCUT2D eigenvalue weighted by atomic mass is 19.1. The van der Waals surface area contributed by atoms with Gasteiger partial charge in [-0.2, -0.15) is 0 Å². The van der Waals surface area contributed by atoms with E-state index in [1.165, 1.54) is 18.9 Å². The molecular weight excluding hydrogens is 247 g/mol. The Hall–Kier alpha value is -1.62. The Morgan fingerprint density at radius 2 is 2.26 bits per heavy atom. The lowest BCUT2D eigenvalue weighted by molar-refractivity contribution is -0.123. The van der Waals surface area contributed by atoms with Gasteiger partial charge >= 0.3 is 0 Å². The van der Waals surface area contributed by atoms with Gasteiger partial charge in [-0.15, -0.1) is 0 Å². The summed E-state index contributed by atoms with van der Waals surface area (Å²) in [5.41, 5.74) is 0.706. The highest BCUT2D eigenvalue weighted by Gasteiger charge is 2.21. The van der Waals surface area contributed by atoms with Crippen LogP contribution in [0.1, 0.15) is 18.4 Å². The molecule has 0 atom stereocenters. The first-order valence-corrected chi connectivity index (χ1v) is 6.52. The summed E-state index contributed by atoms with van der Waals surface area (Å²) in [6.45, 7) is 1.05. The van der Waals surface area contributed by atoms with Crippen molar-refractivity contribution in [2.24, 2.45) is 5.92 Å². The van der Waals surface area contributed by atoms with E-state index in [4.69, 9.17) is 4.74 Å². The van der Waals surface area contributed by atoms with Gasteiger partial charge in [-0.05, 0) is 31.9 Å². The second kappa shape index (κ2) is 6.52. The maximum Gasteiger partial charge on any atom is 0.257 e. The van der Waals surface area contributed by atoms with Crippen molar-refractivity contribution in [3.05, 3.63) is 29.6 Å². The molecule has 1 amide bonds. The molecule has 0 saturated heterocycles. The van der Waals surface area contributed by atoms with Crippen molar-refractivity contribution in [3.8, 4) is 5.75 Å². The number of carbonyl (C=O) groups is 1. The van der Waals surface area contributed by atoms with Crippen LogP contribution in [0.2, 0.25) is 0 Å². The number of halogens is 1. The van der Waals surface area contributed by atoms with Gasteiger partial charge in [0.2, 0.25) is 0 Å². The molecule has 0 bridgehead atoms. The Morgan fingerprint density at radius 3 is 2.95 bits per heavy atom. The number of benzene rings is 1. The van der Waals surface area contributed by atoms with Crippen molar-refractivity contribution in [2.75, 3.05) is 20.2 Å². The van der Waals surface area contributed by atoms with Gasteiger partial charge in [-0.3, -0.25) is 4.79 Å². The van der Waals surface area contributed by atoms with Crippen LogP contribution in [0.4, 0.5) is 4.39 Å². The molecule has 2 N–H and O–H groups in total. The van der Waals surface area contributed by atoms with Gasteiger partial charge in [-0.25, -0.2) is 4.39 Å². The maximum atomic E-state index is 13.7. The van der Waals surface area contributed by atoms with Crippen LogP contribution < -0.4 is 15.4 Å². The average molecular weight is 266 g/mol. The molecule has 4 nitrogen and oxygen atoms in total. The zero-order chi connectivity index (χ0) is 13.7. The molecule has 0 aliphatic heterocycles. The number of ether oxygens (including phenoxy) is 1. The molecule has 0 heterocycles. The first-order valence-electron chi connectivity index (χ1n) is 6.52. The van der Waals surface area contributed by atoms with Crippen molar-refractivity contribution in [1.29, 1.82) is 0 Å². The number of para-hydroxylation sites is 1. The topological polar surface area (TPSA) is 50.4 Å². The third-order valence-electron chi connectivity index (χ3n) is 3.05. The Balaban J connectivity index is 1.88. The van der Waals surface area contributed by atoms with Crippen molar-refractivity contribution in [3.63, 3.8) is 0 Å². The van der Waals surface area contributed by atoms with E-state index >= 15 is 0 Å². The SMILES string of the molecule is CNCc1cccc(F)c1OCC(=O)NCC1CC1. The normalized spacial score (nSPS) is 14.2. The van der Waals surface area contributed by atoms with Crippen LogP contribution in [-0.2, 0) is 11.3 Å². The van der Waals surface area contributed by atoms with Crippen LogP contribution >= 0.6 is 0 Å². The Morgan fingerprint density at radius 1 is 1.47 bits per heavy atom. The van der Waals surface area contributed by atoms with Crippen molar-refractivity contribution < 1.29 is 13.9 Å². The lowest BCUT2D eigenvalue weighted by atomic mass is 10.2. The Kier molecular flexibility index (Phi) is 4.74. The Labute approximate surface area is 112 Å². The van der Waals surface area contributed by atoms with Gasteiger partial charge in [0.25, 0.3) is 5.91 Å². The zero-order valence-electron chi connectivity index (χ0n) is 11.0. The fraction of sp³-hybridized carbons (Fsp3) is 0.500. The number of carbonyl (C=O) groups excluding carboxylic acids is 1. The molecule has 2 rings (SSSR count). The minimum atomic E-state index is -0.442. The van der Waals surface area contributed by atoms with Gasteiger partial charge in [0.1, 0.15) is 0 Å². The van der Waals surface area contributed by atoms with Crippen molar-refractivity contribution in [2.45, 2.75) is 19.4 Å². The summed E-state index contributed by atoms with van der Waals surface area (Å²) in [4.78, 5) is 11.6. The lowest BCUT2D eigenvalue weighted by Crippen LogP contribution is -2.30. The maximum absolute atomic E-state index is 13.7. The van der Waals surface area contributed by atoms with Crippen LogP contribution in [0.3, 0.4) is 0 Å². The van der Waals surface area contributed by atoms with Crippen LogP contribution in [0.5, 0.6) is 5.75 Å². The highest BCUT2D eigenvalue weighted by Crippen LogP contribution is 2.27. The zero-order valence-corrected chi connectivity index (χ0v) is 11.0. The number of amides is 1. The molecule has 1 saturated carbocycles. The second-order valence-corrected chi connectivity index (χ2v) is 4.79. The Bertz CT molecular complexity index is 447. The molecule has 1 fully saturated rings. The minimum Gasteiger partial charge on any atom is -0.480 e. The van der Waals surface area contributed by atoms with E-state index in [9.17, 15) is 9.18 Å². The molecule has 1 aromatic carbocycles. The molecule has 0 radical (unpaired) electrons. The minimum absolute atomic E-state index is 0.148. The van der Waals surface area contributed by atoms with E-state index in [2.05, 4.69) is 10.6 Å². The van der Waals surface area contributed by atoms with E-state index in [-0.39, 0.29) is 18.3 Å². The fourth-order valence-corrected chi connectivity index (χ4v) is 1.81. The van der Waals surface area contributed by atoms with E-state index in [1.54, 1.807) is 19.2 Å². The summed E-state index contributed by atoms with van der Waals surface area (Å²) in [5.74, 6) is 0.129. The second-order valence-electron chi connectivity index (χ2n) is 4.79. The molecule has 1 aliphatic carbocycles. The first kappa shape index (κ1) is 13.8. The third kappa shape index (κ3) is 4.21. The lowest BCUT2D eigenvalue weighted by Gasteiger charge is -2.12. The monoisotopic (exact) mass is 266 g/mol. The van der Waals surface area contributed by atoms with E-state index in [1.807, 2.05) is 0 Å². The van der Waals surface area contributed by atoms with E-state index in [0.717, 1.165) is 0 Å². The predicted molar refractivity (Wildman–Crippen MR) is 70.4 cm³/mol. The fourth-order valence-electron chi connectivity index (χ4n) is 1.81. The van der Waals surface area contributed by atoms with Crippen LogP contribution in [0, 0.1) is 11.7 Å². The standard InChI is InChI=1S/C14H19FN2O2/c1-16-8-11-3-2-4-12(15)14(11)19-9-13(18)17-7-10-5-6-10/h2-4,10,16H,5-9H2,1H3,(H,17,18). The quantitative estimate of drug-likeness (QED) is 0.785. The smallest absolute Gasteiger partial charge is 0.257 e. The van der Waals surface area contributed by atoms with Gasteiger partial charge in [0.15, 0.2) is 18.2 Å². The summed E-state index contributed by atoms with van der Waals surface area (Å²) in [6.07, 6.45) is 2.36. The van der Waals surface area contributed by atoms with Gasteiger partial charge in [0, 0.05) is 18.7 Å². The molecule has 0 aromatic heterocycles. The van der Waals surface area contributed by atoms with Gasteiger partial charge < -0.3 is 15.4 Å². The molecule has 0 spiro atoms. The number of hydrogen-bond donors (Lipinski definition) is 2. The largest absolute Gasteiger partial charge is 0.480 e. The summed E-state index contributed by atoms with van der Waals surface area (Å²) >= 11 is 0. The third-order valence-corrected chi connectivity index (χ3v) is 3.05. The van der Waals surface area contributed by atoms with E-state index in [0.29, 0.717) is 24.6 Å². The molecule has 1 aliphatic rings.